The smallest absolute Gasteiger partial charge is 0.101 e. The Hall–Kier alpha value is -7.23. The van der Waals surface area contributed by atoms with E-state index in [0.717, 1.165) is 39.5 Å². The average Bonchev–Trinajstić information content (AvgIpc) is 3.64. The first-order valence-corrected chi connectivity index (χ1v) is 28.7. The van der Waals surface area contributed by atoms with E-state index in [1.54, 1.807) is 0 Å². The topological polar surface area (TPSA) is 54.1 Å². The lowest BCUT2D eigenvalue weighted by molar-refractivity contribution is 0.963. The Bertz CT molecular complexity index is 3340. The molecule has 0 fully saturated rings. The molecule has 4 nitrogen and oxygen atoms in total. The standard InChI is InChI=1S/C57H48N4Si2/c1-62(2,3)57(63(4,5)6)50-36-53(61(42-25-11-8-12-26-42)52-32-20-14-22-40(52)38-59)45-28-16-18-30-47(45)54(50)55-46-29-17-15-27-44(46)49-35-43(33-34-48(49)56(55)57)60(41-23-9-7-10-24-41)51-31-19-13-21-39(51)37-58/h7-36H,1-6H3. The van der Waals surface area contributed by atoms with Crippen molar-refractivity contribution in [2.24, 2.45) is 0 Å². The number of para-hydroxylation sites is 4. The van der Waals surface area contributed by atoms with Gasteiger partial charge in [0.05, 0.1) is 44.3 Å². The van der Waals surface area contributed by atoms with Crippen LogP contribution in [0.4, 0.5) is 34.1 Å². The Kier molecular flexibility index (Phi) is 9.49. The van der Waals surface area contributed by atoms with Crippen LogP contribution in [0.2, 0.25) is 39.3 Å². The largest absolute Gasteiger partial charge is 0.309 e. The van der Waals surface area contributed by atoms with Crippen molar-refractivity contribution in [3.63, 3.8) is 0 Å². The molecule has 0 N–H and O–H groups in total. The van der Waals surface area contributed by atoms with E-state index in [2.05, 4.69) is 195 Å². The Morgan fingerprint density at radius 1 is 0.381 bits per heavy atom. The van der Waals surface area contributed by atoms with Crippen molar-refractivity contribution in [3.8, 4) is 23.3 Å². The van der Waals surface area contributed by atoms with E-state index < -0.39 is 16.1 Å². The highest BCUT2D eigenvalue weighted by molar-refractivity contribution is 7.00. The minimum atomic E-state index is -2.25. The van der Waals surface area contributed by atoms with Crippen LogP contribution in [0, 0.1) is 22.7 Å². The summed E-state index contributed by atoms with van der Waals surface area (Å²) in [5, 5.41) is 28.3. The van der Waals surface area contributed by atoms with Crippen LogP contribution in [-0.2, 0) is 4.66 Å². The highest BCUT2D eigenvalue weighted by Crippen LogP contribution is 2.64. The Balaban J connectivity index is 1.36. The van der Waals surface area contributed by atoms with Gasteiger partial charge < -0.3 is 9.80 Å². The minimum Gasteiger partial charge on any atom is -0.309 e. The molecule has 9 aromatic carbocycles. The number of hydrogen-bond acceptors (Lipinski definition) is 4. The lowest BCUT2D eigenvalue weighted by Gasteiger charge is -2.52. The molecule has 304 valence electrons. The van der Waals surface area contributed by atoms with Gasteiger partial charge in [-0.05, 0) is 116 Å². The van der Waals surface area contributed by atoms with Crippen LogP contribution in [0.1, 0.15) is 22.3 Å². The molecule has 0 unspecified atom stereocenters. The number of benzene rings is 9. The van der Waals surface area contributed by atoms with Crippen molar-refractivity contribution < 1.29 is 0 Å². The normalized spacial score (nSPS) is 13.0. The lowest BCUT2D eigenvalue weighted by atomic mass is 9.89. The van der Waals surface area contributed by atoms with Crippen LogP contribution in [0.25, 0.3) is 43.4 Å². The van der Waals surface area contributed by atoms with Gasteiger partial charge in [0.2, 0.25) is 0 Å². The maximum atomic E-state index is 10.6. The highest BCUT2D eigenvalue weighted by Gasteiger charge is 2.60. The van der Waals surface area contributed by atoms with Crippen LogP contribution in [0.5, 0.6) is 0 Å². The van der Waals surface area contributed by atoms with Gasteiger partial charge in [0.15, 0.2) is 0 Å². The van der Waals surface area contributed by atoms with Crippen LogP contribution in [0.15, 0.2) is 182 Å². The zero-order valence-corrected chi connectivity index (χ0v) is 38.6. The van der Waals surface area contributed by atoms with Crippen molar-refractivity contribution in [3.05, 3.63) is 204 Å². The van der Waals surface area contributed by atoms with Gasteiger partial charge >= 0.3 is 0 Å². The van der Waals surface area contributed by atoms with E-state index in [0.29, 0.717) is 11.1 Å². The van der Waals surface area contributed by atoms with Gasteiger partial charge in [0.25, 0.3) is 0 Å². The number of nitrogens with zero attached hydrogens (tertiary/aromatic N) is 4. The average molecular weight is 845 g/mol. The summed E-state index contributed by atoms with van der Waals surface area (Å²) in [5.41, 5.74) is 12.6. The van der Waals surface area contributed by atoms with E-state index in [1.165, 1.54) is 49.2 Å². The van der Waals surface area contributed by atoms with Gasteiger partial charge in [0.1, 0.15) is 12.1 Å². The van der Waals surface area contributed by atoms with E-state index in [4.69, 9.17) is 0 Å². The zero-order valence-electron chi connectivity index (χ0n) is 36.6. The fourth-order valence-electron chi connectivity index (χ4n) is 11.4. The van der Waals surface area contributed by atoms with E-state index in [1.807, 2.05) is 48.5 Å². The van der Waals surface area contributed by atoms with Crippen molar-refractivity contribution in [2.75, 3.05) is 9.80 Å². The molecule has 0 aromatic heterocycles. The summed E-state index contributed by atoms with van der Waals surface area (Å²) in [6.45, 7) is 15.5. The van der Waals surface area contributed by atoms with Gasteiger partial charge in [-0.1, -0.05) is 155 Å². The number of rotatable bonds is 8. The molecule has 0 bridgehead atoms. The molecule has 0 radical (unpaired) electrons. The maximum Gasteiger partial charge on any atom is 0.101 e. The summed E-state index contributed by atoms with van der Waals surface area (Å²) in [6.07, 6.45) is 0. The van der Waals surface area contributed by atoms with Crippen molar-refractivity contribution in [1.29, 1.82) is 10.5 Å². The molecular weight excluding hydrogens is 797 g/mol. The first kappa shape index (κ1) is 39.9. The molecule has 10 rings (SSSR count). The molecular formula is C57H48N4Si2. The second-order valence-corrected chi connectivity index (χ2v) is 29.7. The number of anilines is 6. The molecule has 1 aliphatic rings. The highest BCUT2D eigenvalue weighted by atomic mass is 28.4. The molecule has 0 atom stereocenters. The summed E-state index contributed by atoms with van der Waals surface area (Å²) in [6, 6.07) is 69.4. The number of nitriles is 2. The van der Waals surface area contributed by atoms with Gasteiger partial charge in [-0.25, -0.2) is 0 Å². The second-order valence-electron chi connectivity index (χ2n) is 18.7. The number of hydrogen-bond donors (Lipinski definition) is 0. The molecule has 0 saturated heterocycles. The monoisotopic (exact) mass is 844 g/mol. The molecule has 0 saturated carbocycles. The Morgan fingerprint density at radius 3 is 1.40 bits per heavy atom. The van der Waals surface area contributed by atoms with Crippen LogP contribution >= 0.6 is 0 Å². The third-order valence-corrected chi connectivity index (χ3v) is 23.4. The molecule has 0 aliphatic heterocycles. The predicted molar refractivity (Wildman–Crippen MR) is 271 cm³/mol. The summed E-state index contributed by atoms with van der Waals surface area (Å²) in [5.74, 6) is 0. The quantitative estimate of drug-likeness (QED) is 0.113. The fraction of sp³-hybridized carbons (Fsp3) is 0.123. The maximum absolute atomic E-state index is 10.6. The van der Waals surface area contributed by atoms with Gasteiger partial charge in [-0.2, -0.15) is 10.5 Å². The SMILES string of the molecule is C[Si](C)(C)C1([Si](C)(C)C)c2cc(N(c3ccccc3)c3ccccc3C#N)c3ccccc3c2-c2c1c1ccc(N(c3ccccc3)c3ccccc3C#N)cc1c1ccccc21. The summed E-state index contributed by atoms with van der Waals surface area (Å²) >= 11 is 0. The predicted octanol–water partition coefficient (Wildman–Crippen LogP) is 15.9. The van der Waals surface area contributed by atoms with Crippen LogP contribution in [0.3, 0.4) is 0 Å². The molecule has 0 spiro atoms. The van der Waals surface area contributed by atoms with Crippen LogP contribution in [-0.4, -0.2) is 16.1 Å². The Labute approximate surface area is 372 Å². The van der Waals surface area contributed by atoms with Crippen molar-refractivity contribution in [2.45, 2.75) is 43.9 Å². The summed E-state index contributed by atoms with van der Waals surface area (Å²) in [4.78, 5) is 4.55. The van der Waals surface area contributed by atoms with Gasteiger partial charge in [-0.15, -0.1) is 0 Å². The van der Waals surface area contributed by atoms with E-state index >= 15 is 0 Å². The molecule has 6 heteroatoms. The zero-order chi connectivity index (χ0) is 43.7. The molecule has 0 heterocycles. The van der Waals surface area contributed by atoms with Crippen molar-refractivity contribution in [1.82, 2.24) is 0 Å². The fourth-order valence-corrected chi connectivity index (χ4v) is 24.4. The first-order chi connectivity index (χ1) is 30.5. The van der Waals surface area contributed by atoms with Gasteiger partial charge in [-0.3, -0.25) is 0 Å². The third-order valence-electron chi connectivity index (χ3n) is 13.4. The summed E-state index contributed by atoms with van der Waals surface area (Å²) in [7, 11) is -4.49. The summed E-state index contributed by atoms with van der Waals surface area (Å²) < 4.78 is -0.239. The minimum absolute atomic E-state index is 0.239. The van der Waals surface area contributed by atoms with Crippen molar-refractivity contribution >= 4 is 82.6 Å². The molecule has 1 aliphatic carbocycles. The van der Waals surface area contributed by atoms with E-state index in [9.17, 15) is 10.5 Å². The number of fused-ring (bicyclic) bond motifs is 10. The van der Waals surface area contributed by atoms with Crippen LogP contribution < -0.4 is 9.80 Å². The lowest BCUT2D eigenvalue weighted by Crippen LogP contribution is -2.63. The molecule has 0 amide bonds. The second kappa shape index (κ2) is 15.0. The third kappa shape index (κ3) is 5.98. The molecule has 63 heavy (non-hydrogen) atoms. The first-order valence-electron chi connectivity index (χ1n) is 21.7. The molecule has 9 aromatic rings. The Morgan fingerprint density at radius 2 is 0.841 bits per heavy atom. The van der Waals surface area contributed by atoms with Gasteiger partial charge in [0, 0.05) is 27.1 Å². The van der Waals surface area contributed by atoms with E-state index in [-0.39, 0.29) is 4.66 Å².